The minimum absolute atomic E-state index is 0. The second-order valence-electron chi connectivity index (χ2n) is 1.05. The molecule has 1 aliphatic rings. The molecule has 1 rings (SSSR count). The van der Waals surface area contributed by atoms with E-state index in [0.29, 0.717) is 0 Å². The first-order valence-corrected chi connectivity index (χ1v) is 13.1. The summed E-state index contributed by atoms with van der Waals surface area (Å²) < 4.78 is 0. The Morgan fingerprint density at radius 3 is 2.11 bits per heavy atom. The maximum Gasteiger partial charge on any atom is -0.109 e. The Morgan fingerprint density at radius 2 is 2.00 bits per heavy atom. The molecule has 0 aromatic carbocycles. The summed E-state index contributed by atoms with van der Waals surface area (Å²) in [4.78, 5) is 0. The van der Waals surface area contributed by atoms with E-state index in [0.717, 1.165) is 6.42 Å². The predicted molar refractivity (Wildman–Crippen MR) is 45.8 cm³/mol. The first-order chi connectivity index (χ1) is 3.91. The van der Waals surface area contributed by atoms with Gasteiger partial charge < -0.3 is 7.43 Å². The van der Waals surface area contributed by atoms with Gasteiger partial charge in [-0.15, -0.1) is 6.42 Å². The summed E-state index contributed by atoms with van der Waals surface area (Å²) in [6.07, 6.45) is 10.0. The van der Waals surface area contributed by atoms with Crippen LogP contribution in [0.5, 0.6) is 0 Å². The van der Waals surface area contributed by atoms with Gasteiger partial charge in [-0.25, -0.2) is 12.2 Å². The third-order valence-corrected chi connectivity index (χ3v) is 0.586. The van der Waals surface area contributed by atoms with Gasteiger partial charge >= 0.3 is 40.6 Å². The van der Waals surface area contributed by atoms with E-state index in [1.165, 1.54) is 0 Å². The first-order valence-electron chi connectivity index (χ1n) is 1.98. The molecule has 1 aliphatic carbocycles. The van der Waals surface area contributed by atoms with Crippen LogP contribution in [0, 0.1) is 13.5 Å². The topological polar surface area (TPSA) is 0 Å². The number of hydrogen-bond acceptors (Lipinski definition) is 0. The van der Waals surface area contributed by atoms with E-state index in [1.807, 2.05) is 12.2 Å². The van der Waals surface area contributed by atoms with E-state index < -0.39 is 0 Å². The van der Waals surface area contributed by atoms with Gasteiger partial charge in [-0.2, -0.15) is 6.08 Å². The maximum absolute atomic E-state index is 3.20. The van der Waals surface area contributed by atoms with E-state index in [1.54, 1.807) is 0 Å². The van der Waals surface area contributed by atoms with Crippen LogP contribution in [0.15, 0.2) is 18.2 Å². The Kier molecular flexibility index (Phi) is 16.7. The van der Waals surface area contributed by atoms with E-state index in [4.69, 9.17) is 0 Å². The quantitative estimate of drug-likeness (QED) is 0.517. The van der Waals surface area contributed by atoms with Crippen LogP contribution in [0.3, 0.4) is 0 Å². The van der Waals surface area contributed by atoms with E-state index in [2.05, 4.69) is 39.3 Å². The van der Waals surface area contributed by atoms with Crippen molar-refractivity contribution in [2.24, 2.45) is 0 Å². The van der Waals surface area contributed by atoms with Crippen LogP contribution in [-0.4, -0.2) is 0 Å². The van der Waals surface area contributed by atoms with Crippen LogP contribution in [0.1, 0.15) is 6.42 Å². The molecule has 0 saturated heterocycles. The fourth-order valence-corrected chi connectivity index (χ4v) is 0.340. The van der Waals surface area contributed by atoms with Crippen molar-refractivity contribution in [3.63, 3.8) is 0 Å². The summed E-state index contributed by atoms with van der Waals surface area (Å²) in [5.41, 5.74) is 0. The molecule has 0 spiro atoms. The van der Waals surface area contributed by atoms with Gasteiger partial charge in [-0.05, 0) is 0 Å². The van der Waals surface area contributed by atoms with Gasteiger partial charge in [0.05, 0.1) is 0 Å². The third-order valence-electron chi connectivity index (χ3n) is 0.586. The van der Waals surface area contributed by atoms with Crippen molar-refractivity contribution >= 4 is 27.1 Å². The molecule has 0 fully saturated rings. The second kappa shape index (κ2) is 11.8. The smallest absolute Gasteiger partial charge is 0.109 e. The number of rotatable bonds is 0. The minimum Gasteiger partial charge on any atom is -0.358 e. The molecule has 0 saturated carbocycles. The van der Waals surface area contributed by atoms with Crippen molar-refractivity contribution < 1.29 is 13.5 Å². The standard InChI is InChI=1S/C5H5.CH3.2BrH.Os/c1-2-4-5-3-1;;;;/h1-3H,4H2;1H3;2*1H;/q2*-1;;;+2/p-2. The Balaban J connectivity index is 0. The molecule has 56 valence electrons. The van der Waals surface area contributed by atoms with Crippen molar-refractivity contribution in [1.29, 1.82) is 0 Å². The molecule has 0 nitrogen and oxygen atoms in total. The third kappa shape index (κ3) is 12.3. The van der Waals surface area contributed by atoms with E-state index in [-0.39, 0.29) is 20.9 Å². The van der Waals surface area contributed by atoms with E-state index in [9.17, 15) is 0 Å². The first kappa shape index (κ1) is 12.7. The number of halogens is 2. The minimum atomic E-state index is 0. The van der Waals surface area contributed by atoms with E-state index >= 15 is 0 Å². The van der Waals surface area contributed by atoms with Crippen LogP contribution in [-0.2, 0) is 13.5 Å². The molecule has 0 N–H and O–H groups in total. The summed E-state index contributed by atoms with van der Waals surface area (Å²) in [7, 11) is 0. The largest absolute Gasteiger partial charge is 0.358 e. The Labute approximate surface area is 78.2 Å². The van der Waals surface area contributed by atoms with Crippen LogP contribution in [0.4, 0.5) is 0 Å². The molecule has 0 unspecified atom stereocenters. The monoisotopic (exact) mass is 430 g/mol. The molecule has 9 heavy (non-hydrogen) atoms. The van der Waals surface area contributed by atoms with Crippen molar-refractivity contribution in [3.05, 3.63) is 31.7 Å². The molecule has 0 radical (unpaired) electrons. The fourth-order valence-electron chi connectivity index (χ4n) is 0.340. The van der Waals surface area contributed by atoms with Gasteiger partial charge in [0.2, 0.25) is 0 Å². The van der Waals surface area contributed by atoms with Crippen LogP contribution < -0.4 is 0 Å². The number of hydrogen-bond donors (Lipinski definition) is 0. The molecule has 0 aliphatic heterocycles. The van der Waals surface area contributed by atoms with Gasteiger partial charge in [0, 0.05) is 0 Å². The SMILES string of the molecule is [Br][Os][Br].[C-]1=CC=CC1.[CH3-]. The summed E-state index contributed by atoms with van der Waals surface area (Å²) in [6, 6.07) is 0. The Bertz CT molecular complexity index is 79.1. The molecular weight excluding hydrogens is 422 g/mol. The van der Waals surface area contributed by atoms with Gasteiger partial charge in [0.25, 0.3) is 0 Å². The normalized spacial score (nSPS) is 12.2. The average Bonchev–Trinajstić information content (AvgIpc) is 2.17. The molecule has 0 aromatic heterocycles. The summed E-state index contributed by atoms with van der Waals surface area (Å²) >= 11 is 6.44. The second-order valence-corrected chi connectivity index (χ2v) is 12.2. The van der Waals surface area contributed by atoms with Crippen LogP contribution in [0.2, 0.25) is 0 Å². The van der Waals surface area contributed by atoms with Gasteiger partial charge in [0.1, 0.15) is 0 Å². The van der Waals surface area contributed by atoms with Gasteiger partial charge in [-0.3, -0.25) is 6.08 Å². The maximum atomic E-state index is 3.20. The fraction of sp³-hybridized carbons (Fsp3) is 0.167. The number of allylic oxidation sites excluding steroid dienone is 4. The summed E-state index contributed by atoms with van der Waals surface area (Å²) in [6.45, 7) is 0. The zero-order valence-electron chi connectivity index (χ0n) is 5.05. The van der Waals surface area contributed by atoms with Crippen LogP contribution in [0.25, 0.3) is 0 Å². The Hall–Kier alpha value is 1.08. The molecule has 0 amide bonds. The molecule has 0 bridgehead atoms. The molecule has 0 aromatic rings. The zero-order valence-corrected chi connectivity index (χ0v) is 10.8. The molecule has 3 heteroatoms. The van der Waals surface area contributed by atoms with Crippen LogP contribution >= 0.6 is 27.1 Å². The molecular formula is C6H8Br2Os-2. The average molecular weight is 430 g/mol. The van der Waals surface area contributed by atoms with Gasteiger partial charge in [0.15, 0.2) is 0 Å². The summed E-state index contributed by atoms with van der Waals surface area (Å²) in [5, 5.41) is 0. The summed E-state index contributed by atoms with van der Waals surface area (Å²) in [5.74, 6) is 0. The molecule has 0 heterocycles. The van der Waals surface area contributed by atoms with Crippen molar-refractivity contribution in [2.75, 3.05) is 0 Å². The Morgan fingerprint density at radius 1 is 1.44 bits per heavy atom. The van der Waals surface area contributed by atoms with Gasteiger partial charge in [-0.1, -0.05) is 0 Å². The molecule has 0 atom stereocenters. The van der Waals surface area contributed by atoms with Crippen molar-refractivity contribution in [2.45, 2.75) is 6.42 Å². The van der Waals surface area contributed by atoms with Crippen molar-refractivity contribution in [1.82, 2.24) is 0 Å². The predicted octanol–water partition coefficient (Wildman–Crippen LogP) is 3.44. The van der Waals surface area contributed by atoms with Crippen molar-refractivity contribution in [3.8, 4) is 0 Å². The zero-order chi connectivity index (χ0) is 6.24.